The fourth-order valence-corrected chi connectivity index (χ4v) is 2.65. The highest BCUT2D eigenvalue weighted by molar-refractivity contribution is 7.98. The van der Waals surface area contributed by atoms with Crippen LogP contribution in [-0.2, 0) is 0 Å². The first-order chi connectivity index (χ1) is 12.2. The van der Waals surface area contributed by atoms with Crippen LogP contribution in [0.3, 0.4) is 0 Å². The molecule has 6 nitrogen and oxygen atoms in total. The van der Waals surface area contributed by atoms with E-state index in [4.69, 9.17) is 10.00 Å². The predicted octanol–water partition coefficient (Wildman–Crippen LogP) is 3.49. The summed E-state index contributed by atoms with van der Waals surface area (Å²) in [5.41, 5.74) is 0.571. The number of aromatic nitrogens is 2. The van der Waals surface area contributed by atoms with Crippen molar-refractivity contribution in [2.45, 2.75) is 30.8 Å². The Balaban J connectivity index is 2.16. The van der Waals surface area contributed by atoms with Crippen LogP contribution in [0.25, 0.3) is 11.3 Å². The van der Waals surface area contributed by atoms with E-state index in [1.54, 1.807) is 18.4 Å². The van der Waals surface area contributed by atoms with E-state index in [0.717, 1.165) is 19.3 Å². The zero-order valence-corrected chi connectivity index (χ0v) is 14.7. The largest absolute Gasteiger partial charge is 0.494 e. The lowest BCUT2D eigenvalue weighted by atomic mass is 10.1. The molecule has 1 N–H and O–H groups in total. The van der Waals surface area contributed by atoms with Gasteiger partial charge >= 0.3 is 0 Å². The molecule has 0 saturated heterocycles. The van der Waals surface area contributed by atoms with E-state index >= 15 is 0 Å². The normalized spacial score (nSPS) is 10.0. The molecule has 0 atom stereocenters. The molecule has 0 amide bonds. The number of thioether (sulfide) groups is 1. The van der Waals surface area contributed by atoms with Crippen molar-refractivity contribution < 1.29 is 4.74 Å². The summed E-state index contributed by atoms with van der Waals surface area (Å²) in [5.74, 6) is 0.662. The predicted molar refractivity (Wildman–Crippen MR) is 96.4 cm³/mol. The molecule has 0 aliphatic carbocycles. The number of rotatable bonds is 8. The van der Waals surface area contributed by atoms with Gasteiger partial charge in [-0.15, -0.1) is 0 Å². The lowest BCUT2D eigenvalue weighted by Gasteiger charge is -2.09. The van der Waals surface area contributed by atoms with Crippen LogP contribution in [0.5, 0.6) is 5.75 Å². The van der Waals surface area contributed by atoms with Crippen LogP contribution < -0.4 is 10.3 Å². The zero-order chi connectivity index (χ0) is 18.1. The molecule has 0 radical (unpaired) electrons. The third-order valence-electron chi connectivity index (χ3n) is 3.51. The highest BCUT2D eigenvalue weighted by Crippen LogP contribution is 2.25. The van der Waals surface area contributed by atoms with Crippen molar-refractivity contribution in [2.75, 3.05) is 12.9 Å². The minimum absolute atomic E-state index is 0.00791. The topological polar surface area (TPSA) is 103 Å². The average Bonchev–Trinajstić information content (AvgIpc) is 2.64. The first-order valence-corrected chi connectivity index (χ1v) is 9.10. The van der Waals surface area contributed by atoms with Crippen molar-refractivity contribution in [3.8, 4) is 29.1 Å². The highest BCUT2D eigenvalue weighted by atomic mass is 32.2. The van der Waals surface area contributed by atoms with E-state index in [0.29, 0.717) is 35.2 Å². The van der Waals surface area contributed by atoms with Crippen LogP contribution in [-0.4, -0.2) is 22.8 Å². The van der Waals surface area contributed by atoms with Crippen molar-refractivity contribution in [3.05, 3.63) is 40.2 Å². The quantitative estimate of drug-likeness (QED) is 0.442. The van der Waals surface area contributed by atoms with Gasteiger partial charge in [0.2, 0.25) is 0 Å². The third kappa shape index (κ3) is 5.10. The Bertz CT molecular complexity index is 865. The smallest absolute Gasteiger partial charge is 0.270 e. The molecule has 2 aromatic rings. The Morgan fingerprint density at radius 2 is 2.12 bits per heavy atom. The number of nitriles is 2. The molecule has 0 saturated carbocycles. The number of unbranched alkanes of at least 4 members (excludes halogenated alkanes) is 3. The zero-order valence-electron chi connectivity index (χ0n) is 13.9. The summed E-state index contributed by atoms with van der Waals surface area (Å²) in [6.07, 6.45) is 5.06. The first kappa shape index (κ1) is 18.6. The number of aromatic amines is 1. The van der Waals surface area contributed by atoms with Crippen molar-refractivity contribution in [1.29, 1.82) is 10.5 Å². The fraction of sp³-hybridized carbons (Fsp3) is 0.333. The standard InChI is InChI=1S/C18H18N4O2S/c1-25-18-21-16(15(12-20)17(23)22-18)13-7-6-8-14(11-13)24-10-5-3-2-4-9-19/h6-8,11H,2-5,10H2,1H3,(H,21,22,23). The monoisotopic (exact) mass is 354 g/mol. The summed E-state index contributed by atoms with van der Waals surface area (Å²) in [6, 6.07) is 11.3. The second-order valence-corrected chi connectivity index (χ2v) is 6.05. The van der Waals surface area contributed by atoms with Gasteiger partial charge in [0.25, 0.3) is 5.56 Å². The van der Waals surface area contributed by atoms with E-state index in [9.17, 15) is 10.1 Å². The summed E-state index contributed by atoms with van der Waals surface area (Å²) < 4.78 is 5.72. The Morgan fingerprint density at radius 1 is 1.28 bits per heavy atom. The van der Waals surface area contributed by atoms with Gasteiger partial charge in [-0.1, -0.05) is 23.9 Å². The average molecular weight is 354 g/mol. The number of benzene rings is 1. The molecule has 2 rings (SSSR count). The molecule has 1 aromatic carbocycles. The molecule has 0 aliphatic rings. The molecule has 0 fully saturated rings. The maximum Gasteiger partial charge on any atom is 0.270 e. The Kier molecular flexibility index (Phi) is 7.06. The summed E-state index contributed by atoms with van der Waals surface area (Å²) >= 11 is 1.31. The number of hydrogen-bond donors (Lipinski definition) is 1. The van der Waals surface area contributed by atoms with E-state index in [-0.39, 0.29) is 5.56 Å². The molecule has 1 aromatic heterocycles. The van der Waals surface area contributed by atoms with Crippen LogP contribution in [0.15, 0.2) is 34.2 Å². The molecule has 1 heterocycles. The maximum atomic E-state index is 12.0. The van der Waals surface area contributed by atoms with Gasteiger partial charge < -0.3 is 9.72 Å². The van der Waals surface area contributed by atoms with Crippen molar-refractivity contribution in [1.82, 2.24) is 9.97 Å². The molecule has 0 aliphatic heterocycles. The molecular formula is C18H18N4O2S. The van der Waals surface area contributed by atoms with Crippen molar-refractivity contribution in [3.63, 3.8) is 0 Å². The van der Waals surface area contributed by atoms with Crippen molar-refractivity contribution in [2.24, 2.45) is 0 Å². The minimum Gasteiger partial charge on any atom is -0.494 e. The maximum absolute atomic E-state index is 12.0. The van der Waals surface area contributed by atoms with E-state index < -0.39 is 5.56 Å². The molecule has 0 spiro atoms. The lowest BCUT2D eigenvalue weighted by Crippen LogP contribution is -2.14. The number of nitrogens with one attached hydrogen (secondary N) is 1. The van der Waals surface area contributed by atoms with Gasteiger partial charge in [0.05, 0.1) is 18.4 Å². The Hall–Kier alpha value is -2.77. The van der Waals surface area contributed by atoms with Gasteiger partial charge in [-0.2, -0.15) is 10.5 Å². The summed E-state index contributed by atoms with van der Waals surface area (Å²) in [7, 11) is 0. The Morgan fingerprint density at radius 3 is 2.84 bits per heavy atom. The van der Waals surface area contributed by atoms with Gasteiger partial charge in [-0.3, -0.25) is 4.79 Å². The van der Waals surface area contributed by atoms with Gasteiger partial charge in [-0.25, -0.2) is 4.98 Å². The van der Waals surface area contributed by atoms with Crippen LogP contribution in [0, 0.1) is 22.7 Å². The summed E-state index contributed by atoms with van der Waals surface area (Å²) in [6.45, 7) is 0.554. The molecule has 128 valence electrons. The molecule has 0 bridgehead atoms. The van der Waals surface area contributed by atoms with Crippen LogP contribution in [0.4, 0.5) is 0 Å². The SMILES string of the molecule is CSc1nc(-c2cccc(OCCCCCC#N)c2)c(C#N)c(=O)[nH]1. The van der Waals surface area contributed by atoms with Gasteiger partial charge in [0, 0.05) is 12.0 Å². The minimum atomic E-state index is -0.444. The summed E-state index contributed by atoms with van der Waals surface area (Å²) in [4.78, 5) is 19.0. The molecule has 25 heavy (non-hydrogen) atoms. The third-order valence-corrected chi connectivity index (χ3v) is 4.09. The van der Waals surface area contributed by atoms with E-state index in [2.05, 4.69) is 16.0 Å². The number of nitrogens with zero attached hydrogens (tertiary/aromatic N) is 3. The van der Waals surface area contributed by atoms with Gasteiger partial charge in [0.1, 0.15) is 17.4 Å². The van der Waals surface area contributed by atoms with Crippen LogP contribution >= 0.6 is 11.8 Å². The van der Waals surface area contributed by atoms with Crippen molar-refractivity contribution >= 4 is 11.8 Å². The van der Waals surface area contributed by atoms with E-state index in [1.807, 2.05) is 18.2 Å². The van der Waals surface area contributed by atoms with E-state index in [1.165, 1.54) is 11.8 Å². The molecule has 0 unspecified atom stereocenters. The van der Waals surface area contributed by atoms with Gasteiger partial charge in [0.15, 0.2) is 5.16 Å². The summed E-state index contributed by atoms with van der Waals surface area (Å²) in [5, 5.41) is 18.2. The Labute approximate surface area is 150 Å². The molecule has 7 heteroatoms. The lowest BCUT2D eigenvalue weighted by molar-refractivity contribution is 0.305. The number of ether oxygens (including phenoxy) is 1. The second kappa shape index (κ2) is 9.51. The fourth-order valence-electron chi connectivity index (χ4n) is 2.27. The van der Waals surface area contributed by atoms with Crippen LogP contribution in [0.2, 0.25) is 0 Å². The number of H-pyrrole nitrogens is 1. The van der Waals surface area contributed by atoms with Gasteiger partial charge in [-0.05, 0) is 37.7 Å². The molecular weight excluding hydrogens is 336 g/mol. The second-order valence-electron chi connectivity index (χ2n) is 5.26. The number of hydrogen-bond acceptors (Lipinski definition) is 6. The first-order valence-electron chi connectivity index (χ1n) is 7.88. The highest BCUT2D eigenvalue weighted by Gasteiger charge is 2.13. The van der Waals surface area contributed by atoms with Crippen LogP contribution in [0.1, 0.15) is 31.2 Å².